The van der Waals surface area contributed by atoms with Crippen molar-refractivity contribution < 1.29 is 4.74 Å². The van der Waals surface area contributed by atoms with E-state index in [1.54, 1.807) is 0 Å². The van der Waals surface area contributed by atoms with E-state index < -0.39 is 0 Å². The molecule has 0 atom stereocenters. The number of pyridine rings is 1. The first-order valence-electron chi connectivity index (χ1n) is 17.5. The fourth-order valence-corrected chi connectivity index (χ4v) is 7.13. The molecule has 250 valence electrons. The van der Waals surface area contributed by atoms with Crippen LogP contribution in [0.25, 0.3) is 27.6 Å². The van der Waals surface area contributed by atoms with E-state index in [-0.39, 0.29) is 10.8 Å². The minimum atomic E-state index is 0.0119. The number of hydrogen-bond donors (Lipinski definition) is 0. The molecule has 50 heavy (non-hydrogen) atoms. The molecule has 5 nitrogen and oxygen atoms in total. The number of nitrogens with zero attached hydrogens (tertiary/aromatic N) is 4. The van der Waals surface area contributed by atoms with Crippen molar-refractivity contribution in [3.8, 4) is 17.3 Å². The highest BCUT2D eigenvalue weighted by molar-refractivity contribution is 6.09. The summed E-state index contributed by atoms with van der Waals surface area (Å²) in [6, 6.07) is 43.3. The highest BCUT2D eigenvalue weighted by Gasteiger charge is 2.29. The van der Waals surface area contributed by atoms with Gasteiger partial charge < -0.3 is 14.5 Å². The molecule has 2 aromatic heterocycles. The Bertz CT molecular complexity index is 2390. The number of para-hydroxylation sites is 3. The molecule has 1 aliphatic heterocycles. The lowest BCUT2D eigenvalue weighted by Crippen LogP contribution is -2.24. The van der Waals surface area contributed by atoms with Gasteiger partial charge in [-0.1, -0.05) is 84.0 Å². The Morgan fingerprint density at radius 1 is 0.560 bits per heavy atom. The molecule has 0 spiro atoms. The molecule has 0 N–H and O–H groups in total. The molecule has 8 rings (SSSR count). The molecule has 3 heterocycles. The van der Waals surface area contributed by atoms with Gasteiger partial charge in [0, 0.05) is 40.5 Å². The molecule has 0 aliphatic carbocycles. The Labute approximate surface area is 295 Å². The Hall–Kier alpha value is -5.55. The average Bonchev–Trinajstić information content (AvgIpc) is 3.64. The number of ether oxygens (including phenoxy) is 1. The maximum atomic E-state index is 6.65. The first-order valence-corrected chi connectivity index (χ1v) is 17.5. The molecule has 0 unspecified atom stereocenters. The molecule has 0 saturated carbocycles. The molecule has 1 aliphatic rings. The van der Waals surface area contributed by atoms with E-state index in [1.165, 1.54) is 44.5 Å². The largest absolute Gasteiger partial charge is 0.457 e. The topological polar surface area (TPSA) is 33.5 Å². The van der Waals surface area contributed by atoms with Crippen LogP contribution in [-0.4, -0.2) is 16.2 Å². The summed E-state index contributed by atoms with van der Waals surface area (Å²) in [5.41, 5.74) is 10.8. The van der Waals surface area contributed by atoms with Crippen molar-refractivity contribution >= 4 is 44.6 Å². The molecule has 0 amide bonds. The van der Waals surface area contributed by atoms with E-state index in [4.69, 9.17) is 9.72 Å². The highest BCUT2D eigenvalue weighted by Crippen LogP contribution is 2.46. The Morgan fingerprint density at radius 3 is 2.00 bits per heavy atom. The third kappa shape index (κ3) is 5.67. The van der Waals surface area contributed by atoms with Crippen LogP contribution in [0.2, 0.25) is 0 Å². The van der Waals surface area contributed by atoms with Gasteiger partial charge in [0.1, 0.15) is 24.0 Å². The summed E-state index contributed by atoms with van der Waals surface area (Å²) < 4.78 is 8.91. The monoisotopic (exact) mass is 656 g/mol. The minimum absolute atomic E-state index is 0.0119. The zero-order valence-corrected chi connectivity index (χ0v) is 30.0. The Balaban J connectivity index is 1.15. The normalized spacial score (nSPS) is 13.3. The van der Waals surface area contributed by atoms with Gasteiger partial charge in [0.05, 0.1) is 22.4 Å². The van der Waals surface area contributed by atoms with E-state index in [0.29, 0.717) is 6.67 Å². The van der Waals surface area contributed by atoms with E-state index in [0.717, 1.165) is 34.0 Å². The minimum Gasteiger partial charge on any atom is -0.457 e. The van der Waals surface area contributed by atoms with Crippen molar-refractivity contribution in [2.45, 2.75) is 59.3 Å². The first-order chi connectivity index (χ1) is 23.9. The summed E-state index contributed by atoms with van der Waals surface area (Å²) in [7, 11) is 0. The van der Waals surface area contributed by atoms with Crippen LogP contribution in [-0.2, 0) is 10.8 Å². The van der Waals surface area contributed by atoms with Crippen molar-refractivity contribution in [3.05, 3.63) is 144 Å². The summed E-state index contributed by atoms with van der Waals surface area (Å²) >= 11 is 0. The van der Waals surface area contributed by atoms with E-state index in [1.807, 2.05) is 12.3 Å². The summed E-state index contributed by atoms with van der Waals surface area (Å²) in [6.07, 6.45) is 1.92. The summed E-state index contributed by atoms with van der Waals surface area (Å²) in [5, 5.41) is 2.36. The number of benzene rings is 5. The predicted molar refractivity (Wildman–Crippen MR) is 209 cm³/mol. The SMILES string of the molecule is Cc1cc(N2CN(c3cccc(Oc4ccc5c6ccccc6n(-c6cc(C(C)(C)C)ccn6)c5c4)c3)c3ccccc32)cc(C(C)(C)C)c1. The van der Waals surface area contributed by atoms with Crippen LogP contribution in [0.4, 0.5) is 22.7 Å². The van der Waals surface area contributed by atoms with Crippen LogP contribution >= 0.6 is 0 Å². The summed E-state index contributed by atoms with van der Waals surface area (Å²) in [4.78, 5) is 9.63. The van der Waals surface area contributed by atoms with Gasteiger partial charge in [-0.05, 0) is 101 Å². The van der Waals surface area contributed by atoms with Crippen LogP contribution in [0.15, 0.2) is 128 Å². The lowest BCUT2D eigenvalue weighted by Gasteiger charge is -2.26. The number of aryl methyl sites for hydroxylation is 1. The fraction of sp³-hybridized carbons (Fsp3) is 0.222. The first kappa shape index (κ1) is 31.7. The van der Waals surface area contributed by atoms with Crippen molar-refractivity contribution in [2.75, 3.05) is 16.5 Å². The van der Waals surface area contributed by atoms with Crippen molar-refractivity contribution in [1.82, 2.24) is 9.55 Å². The average molecular weight is 657 g/mol. The number of aromatic nitrogens is 2. The molecule has 0 fully saturated rings. The number of fused-ring (bicyclic) bond motifs is 4. The van der Waals surface area contributed by atoms with Crippen LogP contribution in [0.5, 0.6) is 11.5 Å². The van der Waals surface area contributed by atoms with Gasteiger partial charge in [-0.15, -0.1) is 0 Å². The molecule has 5 heteroatoms. The predicted octanol–water partition coefficient (Wildman–Crippen LogP) is 12.1. The van der Waals surface area contributed by atoms with Gasteiger partial charge in [-0.3, -0.25) is 4.57 Å². The lowest BCUT2D eigenvalue weighted by molar-refractivity contribution is 0.483. The van der Waals surface area contributed by atoms with Gasteiger partial charge >= 0.3 is 0 Å². The molecule has 0 saturated heterocycles. The second-order valence-corrected chi connectivity index (χ2v) is 15.6. The van der Waals surface area contributed by atoms with E-state index in [2.05, 4.69) is 178 Å². The van der Waals surface area contributed by atoms with Crippen molar-refractivity contribution in [2.24, 2.45) is 0 Å². The molecule has 5 aromatic carbocycles. The second-order valence-electron chi connectivity index (χ2n) is 15.6. The summed E-state index contributed by atoms with van der Waals surface area (Å²) in [5.74, 6) is 2.48. The zero-order chi connectivity index (χ0) is 34.8. The molecular formula is C45H44N4O. The second kappa shape index (κ2) is 11.8. The zero-order valence-electron chi connectivity index (χ0n) is 30.0. The van der Waals surface area contributed by atoms with Gasteiger partial charge in [0.25, 0.3) is 0 Å². The van der Waals surface area contributed by atoms with Crippen LogP contribution < -0.4 is 14.5 Å². The van der Waals surface area contributed by atoms with Crippen LogP contribution in [0.3, 0.4) is 0 Å². The standard InChI is InChI=1S/C45H44N4O/c1-30-23-32(45(5,6)7)25-34(24-30)48-29-47(40-17-10-11-18-41(40)48)33-13-12-14-35(27-33)50-36-19-20-38-37-15-8-9-16-39(37)49(42(38)28-36)43-26-31(21-22-46-43)44(2,3)4/h8-28H,29H2,1-7H3. The van der Waals surface area contributed by atoms with Gasteiger partial charge in [0.15, 0.2) is 0 Å². The number of rotatable bonds is 5. The molecule has 0 bridgehead atoms. The van der Waals surface area contributed by atoms with Crippen LogP contribution in [0, 0.1) is 6.92 Å². The smallest absolute Gasteiger partial charge is 0.137 e. The highest BCUT2D eigenvalue weighted by atomic mass is 16.5. The number of hydrogen-bond acceptors (Lipinski definition) is 4. The van der Waals surface area contributed by atoms with E-state index >= 15 is 0 Å². The van der Waals surface area contributed by atoms with Gasteiger partial charge in [-0.2, -0.15) is 0 Å². The quantitative estimate of drug-likeness (QED) is 0.185. The van der Waals surface area contributed by atoms with Gasteiger partial charge in [0.2, 0.25) is 0 Å². The molecular weight excluding hydrogens is 613 g/mol. The Kier molecular flexibility index (Phi) is 7.48. The molecule has 0 radical (unpaired) electrons. The fourth-order valence-electron chi connectivity index (χ4n) is 7.13. The maximum Gasteiger partial charge on any atom is 0.137 e. The maximum absolute atomic E-state index is 6.65. The van der Waals surface area contributed by atoms with E-state index in [9.17, 15) is 0 Å². The van der Waals surface area contributed by atoms with Crippen molar-refractivity contribution in [1.29, 1.82) is 0 Å². The van der Waals surface area contributed by atoms with Gasteiger partial charge in [-0.25, -0.2) is 4.98 Å². The third-order valence-electron chi connectivity index (χ3n) is 9.84. The molecule has 7 aromatic rings. The number of anilines is 4. The van der Waals surface area contributed by atoms with Crippen LogP contribution in [0.1, 0.15) is 58.2 Å². The Morgan fingerprint density at radius 2 is 1.24 bits per heavy atom. The van der Waals surface area contributed by atoms with Crippen molar-refractivity contribution in [3.63, 3.8) is 0 Å². The summed E-state index contributed by atoms with van der Waals surface area (Å²) in [6.45, 7) is 16.4. The lowest BCUT2D eigenvalue weighted by atomic mass is 9.86. The third-order valence-corrected chi connectivity index (χ3v) is 9.84.